The van der Waals surface area contributed by atoms with Crippen LogP contribution in [0, 0.1) is 0 Å². The van der Waals surface area contributed by atoms with Crippen molar-refractivity contribution >= 4 is 21.7 Å². The Hall–Kier alpha value is -1.40. The van der Waals surface area contributed by atoms with E-state index >= 15 is 0 Å². The van der Waals surface area contributed by atoms with E-state index in [9.17, 15) is 13.2 Å². The average Bonchev–Trinajstić information content (AvgIpc) is 2.50. The molecule has 16 heavy (non-hydrogen) atoms. The number of anilines is 1. The van der Waals surface area contributed by atoms with Crippen LogP contribution in [0.5, 0.6) is 0 Å². The van der Waals surface area contributed by atoms with Gasteiger partial charge in [-0.15, -0.1) is 0 Å². The first-order valence-corrected chi connectivity index (χ1v) is 6.28. The molecule has 1 aliphatic rings. The van der Waals surface area contributed by atoms with Gasteiger partial charge in [-0.3, -0.25) is 9.35 Å². The third-order valence-corrected chi connectivity index (χ3v) is 3.45. The van der Waals surface area contributed by atoms with Gasteiger partial charge in [0.15, 0.2) is 0 Å². The molecule has 1 aromatic rings. The topological polar surface area (TPSA) is 74.7 Å². The van der Waals surface area contributed by atoms with Crippen molar-refractivity contribution in [2.24, 2.45) is 0 Å². The summed E-state index contributed by atoms with van der Waals surface area (Å²) in [4.78, 5) is 13.0. The summed E-state index contributed by atoms with van der Waals surface area (Å²) >= 11 is 0. The Bertz CT molecular complexity index is 550. The highest BCUT2D eigenvalue weighted by Gasteiger charge is 2.27. The highest BCUT2D eigenvalue weighted by Crippen LogP contribution is 2.30. The lowest BCUT2D eigenvalue weighted by atomic mass is 10.2. The third-order valence-electron chi connectivity index (χ3n) is 2.60. The summed E-state index contributed by atoms with van der Waals surface area (Å²) in [5.74, 6) is -0.0509. The van der Waals surface area contributed by atoms with Crippen LogP contribution in [0.4, 0.5) is 5.69 Å². The van der Waals surface area contributed by atoms with E-state index in [4.69, 9.17) is 4.55 Å². The number of fused-ring (bicyclic) bond motifs is 1. The predicted octanol–water partition coefficient (Wildman–Crippen LogP) is 0.842. The standard InChI is InChI=1S/C10H11NO4S/c1-2-11-9-4-3-8(16(13,14)15)5-7(9)6-10(11)12/h3-5H,2,6H2,1H3,(H,13,14,15). The van der Waals surface area contributed by atoms with Gasteiger partial charge in [-0.2, -0.15) is 8.42 Å². The maximum atomic E-state index is 11.5. The van der Waals surface area contributed by atoms with E-state index in [2.05, 4.69) is 0 Å². The lowest BCUT2D eigenvalue weighted by Gasteiger charge is -2.14. The first-order valence-electron chi connectivity index (χ1n) is 4.84. The highest BCUT2D eigenvalue weighted by atomic mass is 32.2. The molecule has 0 aromatic heterocycles. The van der Waals surface area contributed by atoms with Gasteiger partial charge in [0.2, 0.25) is 5.91 Å². The lowest BCUT2D eigenvalue weighted by molar-refractivity contribution is -0.117. The summed E-state index contributed by atoms with van der Waals surface area (Å²) in [6.45, 7) is 2.40. The second-order valence-electron chi connectivity index (χ2n) is 3.58. The molecule has 5 nitrogen and oxygen atoms in total. The number of carbonyl (C=O) groups is 1. The number of carbonyl (C=O) groups excluding carboxylic acids is 1. The van der Waals surface area contributed by atoms with Gasteiger partial charge in [0.1, 0.15) is 0 Å². The molecule has 86 valence electrons. The monoisotopic (exact) mass is 241 g/mol. The van der Waals surface area contributed by atoms with Gasteiger partial charge >= 0.3 is 0 Å². The number of likely N-dealkylation sites (N-methyl/N-ethyl adjacent to an activating group) is 1. The Balaban J connectivity index is 2.52. The van der Waals surface area contributed by atoms with Crippen molar-refractivity contribution in [2.75, 3.05) is 11.4 Å². The molecule has 0 bridgehead atoms. The van der Waals surface area contributed by atoms with Crippen LogP contribution in [0.3, 0.4) is 0 Å². The summed E-state index contributed by atoms with van der Waals surface area (Å²) < 4.78 is 30.7. The molecule has 1 heterocycles. The number of hydrogen-bond donors (Lipinski definition) is 1. The van der Waals surface area contributed by atoms with E-state index in [1.807, 2.05) is 6.92 Å². The van der Waals surface area contributed by atoms with Crippen molar-refractivity contribution < 1.29 is 17.8 Å². The molecular formula is C10H11NO4S. The summed E-state index contributed by atoms with van der Waals surface area (Å²) in [6.07, 6.45) is 0.187. The van der Waals surface area contributed by atoms with Crippen molar-refractivity contribution in [1.82, 2.24) is 0 Å². The van der Waals surface area contributed by atoms with E-state index in [0.29, 0.717) is 12.1 Å². The zero-order valence-corrected chi connectivity index (χ0v) is 9.49. The molecule has 0 radical (unpaired) electrons. The third kappa shape index (κ3) is 1.70. The molecule has 0 unspecified atom stereocenters. The van der Waals surface area contributed by atoms with Crippen LogP contribution in [0.25, 0.3) is 0 Å². The molecule has 0 fully saturated rings. The summed E-state index contributed by atoms with van der Waals surface area (Å²) in [7, 11) is -4.20. The Kier molecular flexibility index (Phi) is 2.47. The molecule has 0 saturated carbocycles. The van der Waals surface area contributed by atoms with Gasteiger partial charge in [-0.05, 0) is 30.7 Å². The predicted molar refractivity (Wildman–Crippen MR) is 58.0 cm³/mol. The van der Waals surface area contributed by atoms with Crippen LogP contribution < -0.4 is 4.90 Å². The van der Waals surface area contributed by atoms with Crippen LogP contribution in [-0.2, 0) is 21.3 Å². The lowest BCUT2D eigenvalue weighted by Crippen LogP contribution is -2.25. The first-order chi connectivity index (χ1) is 7.43. The fourth-order valence-corrected chi connectivity index (χ4v) is 2.40. The van der Waals surface area contributed by atoms with Crippen molar-refractivity contribution in [2.45, 2.75) is 18.2 Å². The largest absolute Gasteiger partial charge is 0.312 e. The summed E-state index contributed by atoms with van der Waals surface area (Å²) in [6, 6.07) is 4.19. The molecule has 1 amide bonds. The zero-order chi connectivity index (χ0) is 11.9. The van der Waals surface area contributed by atoms with E-state index in [1.165, 1.54) is 12.1 Å². The number of rotatable bonds is 2. The Morgan fingerprint density at radius 2 is 2.12 bits per heavy atom. The van der Waals surface area contributed by atoms with Crippen molar-refractivity contribution in [3.63, 3.8) is 0 Å². The molecule has 0 aliphatic carbocycles. The molecule has 1 aliphatic heterocycles. The minimum absolute atomic E-state index is 0.0509. The maximum absolute atomic E-state index is 11.5. The van der Waals surface area contributed by atoms with E-state index in [1.54, 1.807) is 11.0 Å². The normalized spacial score (nSPS) is 15.4. The number of hydrogen-bond acceptors (Lipinski definition) is 3. The van der Waals surface area contributed by atoms with Crippen molar-refractivity contribution in [3.8, 4) is 0 Å². The van der Waals surface area contributed by atoms with Crippen LogP contribution in [0.1, 0.15) is 12.5 Å². The fraction of sp³-hybridized carbons (Fsp3) is 0.300. The molecule has 0 saturated heterocycles. The molecule has 0 atom stereocenters. The van der Waals surface area contributed by atoms with Gasteiger partial charge in [-0.25, -0.2) is 0 Å². The molecule has 0 spiro atoms. The van der Waals surface area contributed by atoms with E-state index in [-0.39, 0.29) is 17.2 Å². The van der Waals surface area contributed by atoms with Crippen LogP contribution in [0.2, 0.25) is 0 Å². The fourth-order valence-electron chi connectivity index (χ4n) is 1.87. The number of benzene rings is 1. The minimum atomic E-state index is -4.20. The average molecular weight is 241 g/mol. The summed E-state index contributed by atoms with van der Waals surface area (Å²) in [5.41, 5.74) is 1.36. The molecule has 1 aromatic carbocycles. The van der Waals surface area contributed by atoms with E-state index in [0.717, 1.165) is 5.69 Å². The van der Waals surface area contributed by atoms with E-state index < -0.39 is 10.1 Å². The SMILES string of the molecule is CCN1C(=O)Cc2cc(S(=O)(=O)O)ccc21. The second kappa shape index (κ2) is 3.57. The van der Waals surface area contributed by atoms with Gasteiger partial charge in [0.05, 0.1) is 11.3 Å². The highest BCUT2D eigenvalue weighted by molar-refractivity contribution is 7.85. The van der Waals surface area contributed by atoms with Gasteiger partial charge < -0.3 is 4.90 Å². The molecule has 2 rings (SSSR count). The Labute approximate surface area is 93.4 Å². The smallest absolute Gasteiger partial charge is 0.294 e. The Morgan fingerprint density at radius 3 is 2.69 bits per heavy atom. The molecule has 6 heteroatoms. The Morgan fingerprint density at radius 1 is 1.44 bits per heavy atom. The summed E-state index contributed by atoms with van der Waals surface area (Å²) in [5, 5.41) is 0. The number of amides is 1. The quantitative estimate of drug-likeness (QED) is 0.779. The minimum Gasteiger partial charge on any atom is -0.312 e. The van der Waals surface area contributed by atoms with Crippen molar-refractivity contribution in [1.29, 1.82) is 0 Å². The number of nitrogens with zero attached hydrogens (tertiary/aromatic N) is 1. The maximum Gasteiger partial charge on any atom is 0.294 e. The van der Waals surface area contributed by atoms with Crippen molar-refractivity contribution in [3.05, 3.63) is 23.8 Å². The first kappa shape index (κ1) is 11.1. The van der Waals surface area contributed by atoms with Gasteiger partial charge in [-0.1, -0.05) is 0 Å². The second-order valence-corrected chi connectivity index (χ2v) is 5.00. The molecule has 1 N–H and O–H groups in total. The van der Waals surface area contributed by atoms with Crippen LogP contribution in [0.15, 0.2) is 23.1 Å². The molecular weight excluding hydrogens is 230 g/mol. The van der Waals surface area contributed by atoms with Gasteiger partial charge in [0.25, 0.3) is 10.1 Å². The van der Waals surface area contributed by atoms with Crippen LogP contribution in [-0.4, -0.2) is 25.4 Å². The van der Waals surface area contributed by atoms with Gasteiger partial charge in [0, 0.05) is 12.2 Å². The zero-order valence-electron chi connectivity index (χ0n) is 8.67. The van der Waals surface area contributed by atoms with Crippen LogP contribution >= 0.6 is 0 Å².